The second kappa shape index (κ2) is 10.0. The van der Waals surface area contributed by atoms with Crippen LogP contribution in [0.4, 0.5) is 4.79 Å². The minimum absolute atomic E-state index is 0.0162. The average molecular weight is 406 g/mol. The molecule has 1 N–H and O–H groups in total. The van der Waals surface area contributed by atoms with Crippen molar-refractivity contribution in [3.63, 3.8) is 0 Å². The summed E-state index contributed by atoms with van der Waals surface area (Å²) in [6.45, 7) is 2.49. The zero-order valence-electron chi connectivity index (χ0n) is 16.9. The molecule has 0 aliphatic carbocycles. The Morgan fingerprint density at radius 1 is 1.07 bits per heavy atom. The number of amides is 2. The second-order valence-electron chi connectivity index (χ2n) is 7.33. The maximum Gasteiger partial charge on any atom is 0.317 e. The summed E-state index contributed by atoms with van der Waals surface area (Å²) in [6.07, 6.45) is 2.43. The van der Waals surface area contributed by atoms with Gasteiger partial charge < -0.3 is 19.5 Å². The molecule has 2 amide bonds. The van der Waals surface area contributed by atoms with Crippen molar-refractivity contribution in [3.05, 3.63) is 72.1 Å². The highest BCUT2D eigenvalue weighted by molar-refractivity contribution is 5.74. The lowest BCUT2D eigenvalue weighted by Crippen LogP contribution is -2.45. The van der Waals surface area contributed by atoms with Crippen LogP contribution in [0.25, 0.3) is 11.5 Å². The Balaban J connectivity index is 1.15. The third-order valence-electron chi connectivity index (χ3n) is 5.18. The van der Waals surface area contributed by atoms with Crippen LogP contribution in [0.1, 0.15) is 24.2 Å². The van der Waals surface area contributed by atoms with Crippen LogP contribution in [-0.2, 0) is 17.7 Å². The van der Waals surface area contributed by atoms with Gasteiger partial charge in [-0.25, -0.2) is 4.79 Å². The van der Waals surface area contributed by atoms with Crippen molar-refractivity contribution in [3.8, 4) is 11.5 Å². The molecule has 1 aromatic heterocycles. The number of hydrogen-bond donors (Lipinski definition) is 1. The summed E-state index contributed by atoms with van der Waals surface area (Å²) < 4.78 is 11.3. The van der Waals surface area contributed by atoms with E-state index in [1.54, 1.807) is 0 Å². The molecule has 30 heavy (non-hydrogen) atoms. The van der Waals surface area contributed by atoms with Gasteiger partial charge in [-0.1, -0.05) is 53.7 Å². The van der Waals surface area contributed by atoms with E-state index in [1.807, 2.05) is 65.6 Å². The number of nitrogens with zero attached hydrogens (tertiary/aromatic N) is 3. The van der Waals surface area contributed by atoms with Gasteiger partial charge >= 0.3 is 6.03 Å². The normalized spacial score (nSPS) is 14.6. The van der Waals surface area contributed by atoms with Crippen molar-refractivity contribution < 1.29 is 14.1 Å². The molecular weight excluding hydrogens is 380 g/mol. The number of carbonyl (C=O) groups is 1. The summed E-state index contributed by atoms with van der Waals surface area (Å²) in [7, 11) is 0. The highest BCUT2D eigenvalue weighted by Gasteiger charge is 2.23. The van der Waals surface area contributed by atoms with E-state index >= 15 is 0 Å². The van der Waals surface area contributed by atoms with Crippen LogP contribution in [0.5, 0.6) is 0 Å². The molecule has 0 radical (unpaired) electrons. The lowest BCUT2D eigenvalue weighted by atomic mass is 10.1. The summed E-state index contributed by atoms with van der Waals surface area (Å²) in [4.78, 5) is 18.6. The van der Waals surface area contributed by atoms with Gasteiger partial charge in [0.25, 0.3) is 5.89 Å². The van der Waals surface area contributed by atoms with Crippen molar-refractivity contribution in [1.82, 2.24) is 20.4 Å². The number of aromatic nitrogens is 2. The van der Waals surface area contributed by atoms with E-state index in [0.29, 0.717) is 44.4 Å². The minimum atomic E-state index is -0.0162. The van der Waals surface area contributed by atoms with Crippen molar-refractivity contribution in [2.45, 2.75) is 31.9 Å². The number of likely N-dealkylation sites (tertiary alicyclic amines) is 1. The van der Waals surface area contributed by atoms with Crippen molar-refractivity contribution in [1.29, 1.82) is 0 Å². The monoisotopic (exact) mass is 406 g/mol. The predicted molar refractivity (Wildman–Crippen MR) is 113 cm³/mol. The molecule has 1 fully saturated rings. The van der Waals surface area contributed by atoms with E-state index < -0.39 is 0 Å². The molecule has 0 atom stereocenters. The molecule has 1 aliphatic rings. The van der Waals surface area contributed by atoms with Gasteiger partial charge in [0.15, 0.2) is 5.82 Å². The number of carbonyl (C=O) groups excluding carboxylic acids is 1. The van der Waals surface area contributed by atoms with Crippen molar-refractivity contribution >= 4 is 6.03 Å². The maximum atomic E-state index is 12.3. The Morgan fingerprint density at radius 2 is 1.77 bits per heavy atom. The summed E-state index contributed by atoms with van der Waals surface area (Å²) in [5.74, 6) is 1.17. The molecular formula is C23H26N4O3. The molecule has 7 heteroatoms. The van der Waals surface area contributed by atoms with E-state index in [-0.39, 0.29) is 12.1 Å². The molecule has 0 spiro atoms. The fourth-order valence-corrected chi connectivity index (χ4v) is 3.48. The van der Waals surface area contributed by atoms with Crippen LogP contribution in [-0.4, -0.2) is 46.9 Å². The van der Waals surface area contributed by atoms with Crippen molar-refractivity contribution in [2.75, 3.05) is 19.7 Å². The fraction of sp³-hybridized carbons (Fsp3) is 0.348. The number of hydrogen-bond acceptors (Lipinski definition) is 5. The predicted octanol–water partition coefficient (Wildman–Crippen LogP) is 3.67. The first-order valence-corrected chi connectivity index (χ1v) is 10.3. The Bertz CT molecular complexity index is 922. The first kappa shape index (κ1) is 20.1. The fourth-order valence-electron chi connectivity index (χ4n) is 3.48. The third-order valence-corrected chi connectivity index (χ3v) is 5.18. The van der Waals surface area contributed by atoms with E-state index in [2.05, 4.69) is 15.5 Å². The lowest BCUT2D eigenvalue weighted by Gasteiger charge is -2.32. The molecule has 2 aromatic carbocycles. The summed E-state index contributed by atoms with van der Waals surface area (Å²) in [5.41, 5.74) is 2.01. The van der Waals surface area contributed by atoms with Gasteiger partial charge in [-0.3, -0.25) is 0 Å². The zero-order valence-corrected chi connectivity index (χ0v) is 16.9. The van der Waals surface area contributed by atoms with Gasteiger partial charge in [0, 0.05) is 31.6 Å². The topological polar surface area (TPSA) is 80.5 Å². The molecule has 1 saturated heterocycles. The van der Waals surface area contributed by atoms with E-state index in [1.165, 1.54) is 0 Å². The summed E-state index contributed by atoms with van der Waals surface area (Å²) >= 11 is 0. The number of rotatable bonds is 7. The maximum absolute atomic E-state index is 12.3. The van der Waals surface area contributed by atoms with Gasteiger partial charge in [-0.05, 0) is 30.5 Å². The smallest absolute Gasteiger partial charge is 0.317 e. The van der Waals surface area contributed by atoms with Gasteiger partial charge in [0.2, 0.25) is 0 Å². The number of urea groups is 1. The molecule has 0 unspecified atom stereocenters. The largest absolute Gasteiger partial charge is 0.378 e. The molecule has 156 valence electrons. The summed E-state index contributed by atoms with van der Waals surface area (Å²) in [6, 6.07) is 19.6. The SMILES string of the molecule is O=C(NCc1ccccc1)N1CCC(OCCc2noc(-c3ccccc3)n2)CC1. The molecule has 3 aromatic rings. The van der Waals surface area contributed by atoms with Gasteiger partial charge in [0.05, 0.1) is 12.7 Å². The Hall–Kier alpha value is -3.19. The standard InChI is InChI=1S/C23H26N4O3/c28-23(24-17-18-7-3-1-4-8-18)27-14-11-20(12-15-27)29-16-13-21-25-22(30-26-21)19-9-5-2-6-10-19/h1-10,20H,11-17H2,(H,24,28). The molecule has 1 aliphatic heterocycles. The van der Waals surface area contributed by atoms with Gasteiger partial charge in [-0.15, -0.1) is 0 Å². The Labute approximate surface area is 176 Å². The van der Waals surface area contributed by atoms with Crippen LogP contribution in [0.2, 0.25) is 0 Å². The number of nitrogens with one attached hydrogen (secondary N) is 1. The molecule has 2 heterocycles. The Kier molecular flexibility index (Phi) is 6.72. The Morgan fingerprint density at radius 3 is 2.50 bits per heavy atom. The molecule has 0 saturated carbocycles. The van der Waals surface area contributed by atoms with Crippen LogP contribution in [0, 0.1) is 0 Å². The van der Waals surface area contributed by atoms with Crippen LogP contribution >= 0.6 is 0 Å². The van der Waals surface area contributed by atoms with E-state index in [0.717, 1.165) is 24.0 Å². The number of piperidine rings is 1. The van der Waals surface area contributed by atoms with Gasteiger partial charge in [0.1, 0.15) is 0 Å². The average Bonchev–Trinajstić information content (AvgIpc) is 3.28. The van der Waals surface area contributed by atoms with Crippen LogP contribution < -0.4 is 5.32 Å². The molecule has 0 bridgehead atoms. The first-order valence-electron chi connectivity index (χ1n) is 10.3. The van der Waals surface area contributed by atoms with E-state index in [4.69, 9.17) is 9.26 Å². The minimum Gasteiger partial charge on any atom is -0.378 e. The van der Waals surface area contributed by atoms with Crippen LogP contribution in [0.15, 0.2) is 65.2 Å². The van der Waals surface area contributed by atoms with E-state index in [9.17, 15) is 4.79 Å². The number of ether oxygens (including phenoxy) is 1. The highest BCUT2D eigenvalue weighted by Crippen LogP contribution is 2.17. The van der Waals surface area contributed by atoms with Crippen LogP contribution in [0.3, 0.4) is 0 Å². The third kappa shape index (κ3) is 5.45. The van der Waals surface area contributed by atoms with Crippen molar-refractivity contribution in [2.24, 2.45) is 0 Å². The second-order valence-corrected chi connectivity index (χ2v) is 7.33. The molecule has 7 nitrogen and oxygen atoms in total. The summed E-state index contributed by atoms with van der Waals surface area (Å²) in [5, 5.41) is 7.01. The highest BCUT2D eigenvalue weighted by atomic mass is 16.5. The zero-order chi connectivity index (χ0) is 20.6. The quantitative estimate of drug-likeness (QED) is 0.648. The molecule has 4 rings (SSSR count). The van der Waals surface area contributed by atoms with Gasteiger partial charge in [-0.2, -0.15) is 4.98 Å². The number of benzene rings is 2. The lowest BCUT2D eigenvalue weighted by molar-refractivity contribution is 0.0157. The first-order chi connectivity index (χ1) is 14.8.